The van der Waals surface area contributed by atoms with Crippen LogP contribution in [0.4, 0.5) is 0 Å². The normalized spacial score (nSPS) is 23.3. The zero-order chi connectivity index (χ0) is 17.5. The van der Waals surface area contributed by atoms with E-state index in [1.165, 1.54) is 22.2 Å². The molecule has 2 aromatic rings. The SMILES string of the molecule is Cc1cc(CNC(=O)C2CCCCC2(C)N)c2[nH]c(C)c(C)c2c1.Cl. The molecule has 0 bridgehead atoms. The minimum absolute atomic E-state index is 0. The maximum Gasteiger partial charge on any atom is 0.225 e. The fourth-order valence-electron chi connectivity index (χ4n) is 4.02. The molecule has 2 atom stereocenters. The lowest BCUT2D eigenvalue weighted by Gasteiger charge is -2.37. The number of halogens is 1. The maximum absolute atomic E-state index is 12.7. The molecule has 1 aromatic heterocycles. The summed E-state index contributed by atoms with van der Waals surface area (Å²) in [7, 11) is 0. The number of fused-ring (bicyclic) bond motifs is 1. The first-order valence-corrected chi connectivity index (χ1v) is 8.94. The Morgan fingerprint density at radius 3 is 2.72 bits per heavy atom. The Kier molecular flexibility index (Phi) is 5.85. The number of aryl methyl sites for hydroxylation is 3. The van der Waals surface area contributed by atoms with E-state index in [0.717, 1.165) is 36.8 Å². The van der Waals surface area contributed by atoms with E-state index >= 15 is 0 Å². The molecule has 138 valence electrons. The van der Waals surface area contributed by atoms with Gasteiger partial charge in [0.1, 0.15) is 0 Å². The van der Waals surface area contributed by atoms with Crippen LogP contribution in [0.15, 0.2) is 12.1 Å². The molecule has 0 radical (unpaired) electrons. The lowest BCUT2D eigenvalue weighted by molar-refractivity contribution is -0.128. The fourth-order valence-corrected chi connectivity index (χ4v) is 4.02. The molecular weight excluding hydrogens is 334 g/mol. The Hall–Kier alpha value is -1.52. The predicted octanol–water partition coefficient (Wildman–Crippen LogP) is 4.04. The van der Waals surface area contributed by atoms with Crippen LogP contribution in [-0.2, 0) is 11.3 Å². The minimum atomic E-state index is -0.385. The molecular formula is C20H30ClN3O. The number of amides is 1. The van der Waals surface area contributed by atoms with Crippen LogP contribution in [0.1, 0.15) is 55.0 Å². The van der Waals surface area contributed by atoms with Crippen molar-refractivity contribution < 1.29 is 4.79 Å². The summed E-state index contributed by atoms with van der Waals surface area (Å²) in [4.78, 5) is 16.1. The number of nitrogens with two attached hydrogens (primary N) is 1. The summed E-state index contributed by atoms with van der Waals surface area (Å²) in [6.45, 7) is 8.89. The van der Waals surface area contributed by atoms with E-state index in [2.05, 4.69) is 43.2 Å². The number of H-pyrrole nitrogens is 1. The van der Waals surface area contributed by atoms with Gasteiger partial charge in [-0.25, -0.2) is 0 Å². The number of hydrogen-bond acceptors (Lipinski definition) is 2. The van der Waals surface area contributed by atoms with Crippen molar-refractivity contribution in [1.82, 2.24) is 10.3 Å². The van der Waals surface area contributed by atoms with Crippen molar-refractivity contribution in [1.29, 1.82) is 0 Å². The Morgan fingerprint density at radius 1 is 1.32 bits per heavy atom. The van der Waals surface area contributed by atoms with E-state index in [4.69, 9.17) is 5.73 Å². The van der Waals surface area contributed by atoms with E-state index < -0.39 is 0 Å². The summed E-state index contributed by atoms with van der Waals surface area (Å²) < 4.78 is 0. The van der Waals surface area contributed by atoms with Crippen LogP contribution in [0.25, 0.3) is 10.9 Å². The molecule has 2 unspecified atom stereocenters. The van der Waals surface area contributed by atoms with Gasteiger partial charge >= 0.3 is 0 Å². The first kappa shape index (κ1) is 19.8. The number of carbonyl (C=O) groups excluding carboxylic acids is 1. The molecule has 0 saturated heterocycles. The molecule has 0 spiro atoms. The van der Waals surface area contributed by atoms with Crippen LogP contribution in [0, 0.1) is 26.7 Å². The van der Waals surface area contributed by atoms with Crippen LogP contribution >= 0.6 is 12.4 Å². The molecule has 1 heterocycles. The molecule has 1 aliphatic rings. The van der Waals surface area contributed by atoms with Crippen molar-refractivity contribution in [3.8, 4) is 0 Å². The highest BCUT2D eigenvalue weighted by Gasteiger charge is 2.37. The van der Waals surface area contributed by atoms with E-state index in [1.54, 1.807) is 0 Å². The summed E-state index contributed by atoms with van der Waals surface area (Å²) in [5.41, 5.74) is 11.9. The van der Waals surface area contributed by atoms with Gasteiger partial charge in [-0.3, -0.25) is 4.79 Å². The number of aromatic nitrogens is 1. The van der Waals surface area contributed by atoms with Crippen molar-refractivity contribution in [2.24, 2.45) is 11.7 Å². The zero-order valence-electron chi connectivity index (χ0n) is 15.7. The standard InChI is InChI=1S/C20H29N3O.ClH/c1-12-9-15(18-16(10-12)13(2)14(3)23-18)11-22-19(24)17-7-5-6-8-20(17,4)21;/h9-10,17,23H,5-8,11,21H2,1-4H3,(H,22,24);1H. The van der Waals surface area contributed by atoms with Crippen LogP contribution in [0.2, 0.25) is 0 Å². The second-order valence-corrected chi connectivity index (χ2v) is 7.74. The number of aromatic amines is 1. The topological polar surface area (TPSA) is 70.9 Å². The average Bonchev–Trinajstić information content (AvgIpc) is 2.80. The largest absolute Gasteiger partial charge is 0.358 e. The van der Waals surface area contributed by atoms with E-state index in [9.17, 15) is 4.79 Å². The summed E-state index contributed by atoms with van der Waals surface area (Å²) >= 11 is 0. The van der Waals surface area contributed by atoms with Crippen molar-refractivity contribution in [2.75, 3.05) is 0 Å². The van der Waals surface area contributed by atoms with Crippen LogP contribution in [-0.4, -0.2) is 16.4 Å². The van der Waals surface area contributed by atoms with Gasteiger partial charge in [-0.15, -0.1) is 12.4 Å². The van der Waals surface area contributed by atoms with Gasteiger partial charge in [-0.05, 0) is 57.7 Å². The molecule has 4 nitrogen and oxygen atoms in total. The predicted molar refractivity (Wildman–Crippen MR) is 106 cm³/mol. The fraction of sp³-hybridized carbons (Fsp3) is 0.550. The minimum Gasteiger partial charge on any atom is -0.358 e. The zero-order valence-corrected chi connectivity index (χ0v) is 16.5. The lowest BCUT2D eigenvalue weighted by atomic mass is 9.74. The van der Waals surface area contributed by atoms with Crippen molar-refractivity contribution in [3.63, 3.8) is 0 Å². The van der Waals surface area contributed by atoms with Gasteiger partial charge < -0.3 is 16.0 Å². The smallest absolute Gasteiger partial charge is 0.225 e. The van der Waals surface area contributed by atoms with Gasteiger partial charge in [0.2, 0.25) is 5.91 Å². The molecule has 4 N–H and O–H groups in total. The molecule has 1 fully saturated rings. The molecule has 1 aliphatic carbocycles. The maximum atomic E-state index is 12.7. The number of carbonyl (C=O) groups is 1. The van der Waals surface area contributed by atoms with Crippen molar-refractivity contribution in [3.05, 3.63) is 34.5 Å². The molecule has 3 rings (SSSR count). The van der Waals surface area contributed by atoms with E-state index in [1.807, 2.05) is 6.92 Å². The van der Waals surface area contributed by atoms with Crippen LogP contribution in [0.3, 0.4) is 0 Å². The molecule has 1 aromatic carbocycles. The average molecular weight is 364 g/mol. The highest BCUT2D eigenvalue weighted by Crippen LogP contribution is 2.32. The molecule has 1 amide bonds. The third kappa shape index (κ3) is 3.85. The van der Waals surface area contributed by atoms with Gasteiger partial charge in [0.05, 0.1) is 11.4 Å². The molecule has 1 saturated carbocycles. The first-order chi connectivity index (χ1) is 11.3. The molecule has 5 heteroatoms. The Labute approximate surface area is 156 Å². The second kappa shape index (κ2) is 7.38. The lowest BCUT2D eigenvalue weighted by Crippen LogP contribution is -2.52. The monoisotopic (exact) mass is 363 g/mol. The first-order valence-electron chi connectivity index (χ1n) is 8.94. The summed E-state index contributed by atoms with van der Waals surface area (Å²) in [6, 6.07) is 4.36. The van der Waals surface area contributed by atoms with Gasteiger partial charge in [0.15, 0.2) is 0 Å². The van der Waals surface area contributed by atoms with Gasteiger partial charge in [-0.1, -0.05) is 24.5 Å². The van der Waals surface area contributed by atoms with Gasteiger partial charge in [0, 0.05) is 23.2 Å². The molecule has 0 aliphatic heterocycles. The van der Waals surface area contributed by atoms with Gasteiger partial charge in [-0.2, -0.15) is 0 Å². The number of nitrogens with one attached hydrogen (secondary N) is 2. The van der Waals surface area contributed by atoms with Crippen LogP contribution in [0.5, 0.6) is 0 Å². The molecule has 25 heavy (non-hydrogen) atoms. The summed E-state index contributed by atoms with van der Waals surface area (Å²) in [5.74, 6) is 0.00743. The Bertz CT molecular complexity index is 779. The van der Waals surface area contributed by atoms with E-state index in [0.29, 0.717) is 6.54 Å². The quantitative estimate of drug-likeness (QED) is 0.770. The van der Waals surface area contributed by atoms with E-state index in [-0.39, 0.29) is 29.8 Å². The van der Waals surface area contributed by atoms with Crippen molar-refractivity contribution in [2.45, 2.75) is 65.5 Å². The summed E-state index contributed by atoms with van der Waals surface area (Å²) in [6.07, 6.45) is 4.03. The third-order valence-electron chi connectivity index (χ3n) is 5.67. The Balaban J connectivity index is 0.00000225. The number of benzene rings is 1. The summed E-state index contributed by atoms with van der Waals surface area (Å²) in [5, 5.41) is 4.38. The van der Waals surface area contributed by atoms with Crippen molar-refractivity contribution >= 4 is 29.2 Å². The Morgan fingerprint density at radius 2 is 2.04 bits per heavy atom. The second-order valence-electron chi connectivity index (χ2n) is 7.74. The van der Waals surface area contributed by atoms with Gasteiger partial charge in [0.25, 0.3) is 0 Å². The highest BCUT2D eigenvalue weighted by atomic mass is 35.5. The highest BCUT2D eigenvalue weighted by molar-refractivity contribution is 5.88. The number of rotatable bonds is 3. The third-order valence-corrected chi connectivity index (χ3v) is 5.67. The van der Waals surface area contributed by atoms with Crippen LogP contribution < -0.4 is 11.1 Å². The number of hydrogen-bond donors (Lipinski definition) is 3.